The maximum absolute atomic E-state index is 12.4. The van der Waals surface area contributed by atoms with Crippen LogP contribution in [0.5, 0.6) is 34.5 Å². The largest absolute Gasteiger partial charge is 0.507 e. The van der Waals surface area contributed by atoms with Gasteiger partial charge in [0.05, 0.1) is 42.6 Å². The molecule has 6 aromatic carbocycles. The fourth-order valence-electron chi connectivity index (χ4n) is 7.03. The molecule has 0 saturated heterocycles. The molecule has 0 spiro atoms. The van der Waals surface area contributed by atoms with Gasteiger partial charge in [0.15, 0.2) is 23.0 Å². The average Bonchev–Trinajstić information content (AvgIpc) is 3.09. The van der Waals surface area contributed by atoms with E-state index >= 15 is 0 Å². The summed E-state index contributed by atoms with van der Waals surface area (Å²) in [7, 11) is 0. The molecule has 0 saturated carbocycles. The number of fused-ring (bicyclic) bond motifs is 2. The summed E-state index contributed by atoms with van der Waals surface area (Å²) >= 11 is 24.6. The molecule has 6 N–H and O–H groups in total. The second-order valence-corrected chi connectivity index (χ2v) is 15.4. The Hall–Kier alpha value is -4.86. The number of hydrogen-bond donors (Lipinski definition) is 6. The van der Waals surface area contributed by atoms with E-state index in [0.29, 0.717) is 54.4 Å². The Kier molecular flexibility index (Phi) is 10.6. The number of halogens is 4. The number of phenols is 6. The van der Waals surface area contributed by atoms with Crippen molar-refractivity contribution in [2.75, 3.05) is 0 Å². The van der Waals surface area contributed by atoms with Gasteiger partial charge in [-0.1, -0.05) is 86.2 Å². The third kappa shape index (κ3) is 6.62. The first-order valence-electron chi connectivity index (χ1n) is 16.9. The lowest BCUT2D eigenvalue weighted by atomic mass is 9.83. The van der Waals surface area contributed by atoms with Crippen LogP contribution in [0.15, 0.2) is 58.5 Å². The lowest BCUT2D eigenvalue weighted by molar-refractivity contribution is 0.398. The summed E-state index contributed by atoms with van der Waals surface area (Å²) < 4.78 is 0. The molecular weight excluding hydrogens is 770 g/mol. The Balaban J connectivity index is 1.71. The lowest BCUT2D eigenvalue weighted by Crippen LogP contribution is -2.01. The van der Waals surface area contributed by atoms with Gasteiger partial charge in [-0.3, -0.25) is 9.98 Å². The zero-order valence-corrected chi connectivity index (χ0v) is 33.0. The van der Waals surface area contributed by atoms with Gasteiger partial charge in [-0.25, -0.2) is 0 Å². The summed E-state index contributed by atoms with van der Waals surface area (Å²) in [5.41, 5.74) is 3.19. The quantitative estimate of drug-likeness (QED) is 0.0699. The van der Waals surface area contributed by atoms with Gasteiger partial charge in [0, 0.05) is 45.5 Å². The number of hydrogen-bond acceptors (Lipinski definition) is 8. The molecule has 6 rings (SSSR count). The molecule has 0 unspecified atom stereocenters. The van der Waals surface area contributed by atoms with Crippen molar-refractivity contribution in [3.8, 4) is 45.6 Å². The number of phenolic OH excluding ortho intramolecular Hbond substituents is 6. The van der Waals surface area contributed by atoms with Crippen molar-refractivity contribution in [2.24, 2.45) is 9.98 Å². The van der Waals surface area contributed by atoms with Crippen LogP contribution in [-0.2, 0) is 0 Å². The number of aliphatic imine (C=N–C) groups is 2. The number of aromatic hydroxyl groups is 6. The zero-order valence-electron chi connectivity index (χ0n) is 30.0. The topological polar surface area (TPSA) is 146 Å². The van der Waals surface area contributed by atoms with Crippen molar-refractivity contribution in [3.05, 3.63) is 102 Å². The molecule has 0 atom stereocenters. The molecule has 0 aliphatic heterocycles. The Morgan fingerprint density at radius 3 is 1.15 bits per heavy atom. The number of benzene rings is 6. The predicted octanol–water partition coefficient (Wildman–Crippen LogP) is 12.9. The molecule has 0 aliphatic rings. The molecule has 12 heteroatoms. The van der Waals surface area contributed by atoms with Crippen LogP contribution in [0, 0.1) is 13.8 Å². The smallest absolute Gasteiger partial charge is 0.167 e. The van der Waals surface area contributed by atoms with E-state index in [0.717, 1.165) is 0 Å². The fourth-order valence-corrected chi connectivity index (χ4v) is 7.62. The van der Waals surface area contributed by atoms with Crippen LogP contribution in [0.4, 0.5) is 11.4 Å². The number of nitrogens with zero attached hydrogens (tertiary/aromatic N) is 2. The van der Waals surface area contributed by atoms with Crippen LogP contribution >= 0.6 is 46.4 Å². The Morgan fingerprint density at radius 1 is 0.481 bits per heavy atom. The van der Waals surface area contributed by atoms with E-state index in [9.17, 15) is 30.6 Å². The van der Waals surface area contributed by atoms with Crippen molar-refractivity contribution in [1.29, 1.82) is 0 Å². The molecule has 0 radical (unpaired) electrons. The lowest BCUT2D eigenvalue weighted by Gasteiger charge is -2.23. The fraction of sp³-hybridized carbons (Fsp3) is 0.190. The highest BCUT2D eigenvalue weighted by Gasteiger charge is 2.29. The molecule has 54 heavy (non-hydrogen) atoms. The van der Waals surface area contributed by atoms with Crippen molar-refractivity contribution in [1.82, 2.24) is 0 Å². The summed E-state index contributed by atoms with van der Waals surface area (Å²) in [6.07, 6.45) is 2.64. The van der Waals surface area contributed by atoms with E-state index in [2.05, 4.69) is 9.98 Å². The van der Waals surface area contributed by atoms with Gasteiger partial charge in [0.25, 0.3) is 0 Å². The van der Waals surface area contributed by atoms with Crippen molar-refractivity contribution in [2.45, 2.75) is 53.4 Å². The molecule has 0 aromatic heterocycles. The first-order valence-corrected chi connectivity index (χ1v) is 18.4. The van der Waals surface area contributed by atoms with E-state index < -0.39 is 11.5 Å². The summed E-state index contributed by atoms with van der Waals surface area (Å²) in [6.45, 7) is 10.9. The molecule has 0 fully saturated rings. The highest BCUT2D eigenvalue weighted by atomic mass is 35.5. The maximum atomic E-state index is 12.4. The Bertz CT molecular complexity index is 2420. The van der Waals surface area contributed by atoms with Crippen molar-refractivity contribution in [3.63, 3.8) is 0 Å². The van der Waals surface area contributed by atoms with E-state index in [1.165, 1.54) is 24.6 Å². The van der Waals surface area contributed by atoms with Gasteiger partial charge in [0.1, 0.15) is 11.5 Å². The normalized spacial score (nSPS) is 12.1. The number of aryl methyl sites for hydroxylation is 2. The van der Waals surface area contributed by atoms with Gasteiger partial charge >= 0.3 is 0 Å². The van der Waals surface area contributed by atoms with Crippen LogP contribution in [-0.4, -0.2) is 43.1 Å². The Morgan fingerprint density at radius 2 is 0.833 bits per heavy atom. The molecule has 0 bridgehead atoms. The van der Waals surface area contributed by atoms with Gasteiger partial charge < -0.3 is 30.6 Å². The van der Waals surface area contributed by atoms with E-state index in [1.807, 2.05) is 27.7 Å². The third-order valence-corrected chi connectivity index (χ3v) is 11.0. The van der Waals surface area contributed by atoms with Crippen LogP contribution in [0.3, 0.4) is 0 Å². The minimum Gasteiger partial charge on any atom is -0.507 e. The van der Waals surface area contributed by atoms with E-state index in [4.69, 9.17) is 46.4 Å². The van der Waals surface area contributed by atoms with Gasteiger partial charge in [-0.2, -0.15) is 0 Å². The summed E-state index contributed by atoms with van der Waals surface area (Å²) in [4.78, 5) is 8.95. The molecule has 0 aliphatic carbocycles. The van der Waals surface area contributed by atoms with Crippen LogP contribution in [0.25, 0.3) is 32.7 Å². The van der Waals surface area contributed by atoms with Crippen LogP contribution in [0.2, 0.25) is 20.1 Å². The molecular formula is C42H36Cl4N2O6. The summed E-state index contributed by atoms with van der Waals surface area (Å²) in [5, 5.41) is 72.6. The van der Waals surface area contributed by atoms with Gasteiger partial charge in [0.2, 0.25) is 0 Å². The van der Waals surface area contributed by atoms with Crippen LogP contribution in [0.1, 0.15) is 72.9 Å². The minimum atomic E-state index is -0.498. The maximum Gasteiger partial charge on any atom is 0.167 e. The van der Waals surface area contributed by atoms with Crippen molar-refractivity contribution >= 4 is 91.8 Å². The van der Waals surface area contributed by atoms with E-state index in [1.54, 1.807) is 50.2 Å². The Labute approximate surface area is 331 Å². The second-order valence-electron chi connectivity index (χ2n) is 13.8. The van der Waals surface area contributed by atoms with Crippen LogP contribution < -0.4 is 0 Å². The highest BCUT2D eigenvalue weighted by molar-refractivity contribution is 6.42. The molecule has 6 aromatic rings. The highest BCUT2D eigenvalue weighted by Crippen LogP contribution is 2.54. The third-order valence-electron chi connectivity index (χ3n) is 9.48. The monoisotopic (exact) mass is 804 g/mol. The summed E-state index contributed by atoms with van der Waals surface area (Å²) in [6, 6.07) is 13.0. The van der Waals surface area contributed by atoms with E-state index in [-0.39, 0.29) is 77.9 Å². The molecule has 278 valence electrons. The molecule has 8 nitrogen and oxygen atoms in total. The number of rotatable bonds is 7. The standard InChI is InChI=1S/C42H36Cl4N2O6/c1-17(2)31-23-11-19(5)33(39(51)35(23)25(37(49)41(31)53)15-47-21-7-9-27(43)29(45)13-21)34-20(6)12-24-32(18(3)4)42(54)38(50)26(36(24)40(34)52)16-48-22-8-10-28(44)30(46)14-22/h7-18,49-54H,1-6H3. The average molecular weight is 807 g/mol. The zero-order chi connectivity index (χ0) is 39.5. The molecule has 0 heterocycles. The predicted molar refractivity (Wildman–Crippen MR) is 222 cm³/mol. The second kappa shape index (κ2) is 14.8. The minimum absolute atomic E-state index is 0.0220. The SMILES string of the molecule is Cc1cc2c(C(C)C)c(O)c(O)c(C=Nc3ccc(Cl)c(Cl)c3)c2c(O)c1-c1c(C)cc2c(C(C)C)c(O)c(O)c(C=Nc3ccc(Cl)c(Cl)c3)c2c1O. The first-order chi connectivity index (χ1) is 25.4. The first kappa shape index (κ1) is 38.9. The van der Waals surface area contributed by atoms with Gasteiger partial charge in [-0.15, -0.1) is 0 Å². The van der Waals surface area contributed by atoms with Crippen molar-refractivity contribution < 1.29 is 30.6 Å². The molecule has 0 amide bonds. The summed E-state index contributed by atoms with van der Waals surface area (Å²) in [5.74, 6) is -2.85. The van der Waals surface area contributed by atoms with Gasteiger partial charge in [-0.05, 0) is 84.0 Å².